The molecule has 11 aromatic rings. The van der Waals surface area contributed by atoms with Gasteiger partial charge < -0.3 is 0 Å². The van der Waals surface area contributed by atoms with Crippen LogP contribution in [0.4, 0.5) is 0 Å². The zero-order chi connectivity index (χ0) is 37.0. The lowest BCUT2D eigenvalue weighted by Crippen LogP contribution is -1.90. The maximum atomic E-state index is 4.65. The van der Waals surface area contributed by atoms with Gasteiger partial charge in [0.15, 0.2) is 11.5 Å². The molecule has 0 saturated carbocycles. The molecule has 0 unspecified atom stereocenters. The second-order valence-electron chi connectivity index (χ2n) is 14.3. The van der Waals surface area contributed by atoms with Crippen molar-refractivity contribution in [1.29, 1.82) is 0 Å². The van der Waals surface area contributed by atoms with Gasteiger partial charge in [0.1, 0.15) is 0 Å². The zero-order valence-corrected chi connectivity index (χ0v) is 31.1. The molecule has 0 spiro atoms. The minimum absolute atomic E-state index is 0.833. The van der Waals surface area contributed by atoms with Crippen molar-refractivity contribution in [3.8, 4) is 67.0 Å². The van der Waals surface area contributed by atoms with Crippen LogP contribution in [-0.4, -0.2) is 14.6 Å². The van der Waals surface area contributed by atoms with E-state index in [1.54, 1.807) is 0 Å². The Morgan fingerprint density at radius 2 is 0.911 bits per heavy atom. The quantitative estimate of drug-likeness (QED) is 0.170. The van der Waals surface area contributed by atoms with Crippen LogP contribution < -0.4 is 0 Å². The smallest absolute Gasteiger partial charge is 0.168 e. The molecular weight excluding hydrogens is 699 g/mol. The van der Waals surface area contributed by atoms with Gasteiger partial charge in [-0.05, 0) is 97.9 Å². The van der Waals surface area contributed by atoms with E-state index in [0.717, 1.165) is 27.8 Å². The summed E-state index contributed by atoms with van der Waals surface area (Å²) in [4.78, 5) is 0. The molecule has 0 N–H and O–H groups in total. The van der Waals surface area contributed by atoms with Gasteiger partial charge in [-0.15, -0.1) is 21.5 Å². The van der Waals surface area contributed by atoms with Gasteiger partial charge in [0.05, 0.1) is 0 Å². The first-order valence-electron chi connectivity index (χ1n) is 18.9. The summed E-state index contributed by atoms with van der Waals surface area (Å²) in [6.07, 6.45) is 2.07. The Kier molecular flexibility index (Phi) is 7.68. The number of aromatic nitrogens is 3. The molecule has 0 amide bonds. The molecule has 4 heteroatoms. The van der Waals surface area contributed by atoms with Crippen LogP contribution in [0, 0.1) is 0 Å². The van der Waals surface area contributed by atoms with E-state index in [9.17, 15) is 0 Å². The Hall–Kier alpha value is -7.14. The Balaban J connectivity index is 1.06. The van der Waals surface area contributed by atoms with E-state index >= 15 is 0 Å². The molecule has 0 aliphatic heterocycles. The number of fused-ring (bicyclic) bond motifs is 6. The highest BCUT2D eigenvalue weighted by atomic mass is 32.1. The van der Waals surface area contributed by atoms with Crippen molar-refractivity contribution in [1.82, 2.24) is 14.6 Å². The lowest BCUT2D eigenvalue weighted by molar-refractivity contribution is 1.11. The number of hydrogen-bond acceptors (Lipinski definition) is 3. The summed E-state index contributed by atoms with van der Waals surface area (Å²) in [6.45, 7) is 0. The molecule has 56 heavy (non-hydrogen) atoms. The minimum atomic E-state index is 0.833. The average Bonchev–Trinajstić information content (AvgIpc) is 3.89. The van der Waals surface area contributed by atoms with Gasteiger partial charge in [0.25, 0.3) is 0 Å². The van der Waals surface area contributed by atoms with E-state index in [-0.39, 0.29) is 0 Å². The lowest BCUT2D eigenvalue weighted by Gasteiger charge is -2.11. The predicted octanol–water partition coefficient (Wildman–Crippen LogP) is 14.3. The van der Waals surface area contributed by atoms with Crippen molar-refractivity contribution in [2.75, 3.05) is 0 Å². The number of pyridine rings is 1. The van der Waals surface area contributed by atoms with Gasteiger partial charge in [-0.1, -0.05) is 152 Å². The largest absolute Gasteiger partial charge is 0.282 e. The fourth-order valence-electron chi connectivity index (χ4n) is 8.07. The molecule has 3 heterocycles. The first kappa shape index (κ1) is 32.3. The van der Waals surface area contributed by atoms with E-state index < -0.39 is 0 Å². The van der Waals surface area contributed by atoms with Gasteiger partial charge in [0, 0.05) is 42.9 Å². The third kappa shape index (κ3) is 5.58. The van der Waals surface area contributed by atoms with Crippen LogP contribution in [0.3, 0.4) is 0 Å². The molecular formula is C52H33N3S. The molecule has 0 aliphatic rings. The molecule has 0 bridgehead atoms. The second kappa shape index (κ2) is 13.3. The van der Waals surface area contributed by atoms with E-state index in [1.807, 2.05) is 11.3 Å². The van der Waals surface area contributed by atoms with Crippen LogP contribution in [0.15, 0.2) is 200 Å². The van der Waals surface area contributed by atoms with Crippen molar-refractivity contribution >= 4 is 47.9 Å². The highest BCUT2D eigenvalue weighted by molar-refractivity contribution is 7.26. The number of benzene rings is 8. The van der Waals surface area contributed by atoms with Crippen molar-refractivity contribution in [3.05, 3.63) is 200 Å². The Bertz CT molecular complexity index is 3230. The molecule has 0 radical (unpaired) electrons. The molecule has 11 rings (SSSR count). The summed E-state index contributed by atoms with van der Waals surface area (Å²) in [5.41, 5.74) is 14.0. The third-order valence-corrected chi connectivity index (χ3v) is 12.2. The van der Waals surface area contributed by atoms with Crippen LogP contribution in [-0.2, 0) is 0 Å². The number of hydrogen-bond donors (Lipinski definition) is 0. The molecule has 0 fully saturated rings. The van der Waals surface area contributed by atoms with E-state index in [1.165, 1.54) is 75.8 Å². The van der Waals surface area contributed by atoms with Crippen LogP contribution in [0.25, 0.3) is 104 Å². The van der Waals surface area contributed by atoms with Gasteiger partial charge in [-0.25, -0.2) is 0 Å². The maximum Gasteiger partial charge on any atom is 0.168 e. The number of thiophene rings is 1. The number of rotatable bonds is 6. The maximum absolute atomic E-state index is 4.65. The van der Waals surface area contributed by atoms with Crippen LogP contribution in [0.5, 0.6) is 0 Å². The molecule has 3 nitrogen and oxygen atoms in total. The summed E-state index contributed by atoms with van der Waals surface area (Å²) < 4.78 is 4.65. The Labute approximate surface area is 328 Å². The molecule has 0 atom stereocenters. The first-order chi connectivity index (χ1) is 27.7. The summed E-state index contributed by atoms with van der Waals surface area (Å²) in [5.74, 6) is 0.833. The topological polar surface area (TPSA) is 30.2 Å². The van der Waals surface area contributed by atoms with Crippen molar-refractivity contribution in [3.63, 3.8) is 0 Å². The molecule has 3 aromatic heterocycles. The zero-order valence-electron chi connectivity index (χ0n) is 30.3. The van der Waals surface area contributed by atoms with Gasteiger partial charge in [-0.2, -0.15) is 0 Å². The SMILES string of the molecule is c1ccc(-c2cccc(-c3ccc4sc5c(-c6ccc(-c7nnc8c9ccccc9ccn78)cc6)cc(-c6cccc(-c7ccccc7)c6)cc5c4c3)c2)cc1. The molecule has 0 aliphatic carbocycles. The Morgan fingerprint density at radius 3 is 1.62 bits per heavy atom. The fraction of sp³-hybridized carbons (Fsp3) is 0. The first-order valence-corrected chi connectivity index (χ1v) is 19.7. The third-order valence-electron chi connectivity index (χ3n) is 10.9. The van der Waals surface area contributed by atoms with Crippen LogP contribution in [0.2, 0.25) is 0 Å². The van der Waals surface area contributed by atoms with Crippen LogP contribution in [0.1, 0.15) is 0 Å². The normalized spacial score (nSPS) is 11.6. The second-order valence-corrected chi connectivity index (χ2v) is 15.4. The number of nitrogens with zero attached hydrogens (tertiary/aromatic N) is 3. The van der Waals surface area contributed by atoms with Crippen molar-refractivity contribution < 1.29 is 0 Å². The molecule has 0 saturated heterocycles. The Morgan fingerprint density at radius 1 is 0.357 bits per heavy atom. The van der Waals surface area contributed by atoms with E-state index in [0.29, 0.717) is 0 Å². The van der Waals surface area contributed by atoms with Crippen molar-refractivity contribution in [2.24, 2.45) is 0 Å². The average molecular weight is 732 g/mol. The summed E-state index contributed by atoms with van der Waals surface area (Å²) in [5, 5.41) is 14.1. The predicted molar refractivity (Wildman–Crippen MR) is 236 cm³/mol. The van der Waals surface area contributed by atoms with Crippen LogP contribution >= 0.6 is 11.3 Å². The van der Waals surface area contributed by atoms with Gasteiger partial charge in [0.2, 0.25) is 0 Å². The highest BCUT2D eigenvalue weighted by Gasteiger charge is 2.17. The summed E-state index contributed by atoms with van der Waals surface area (Å²) >= 11 is 1.87. The monoisotopic (exact) mass is 731 g/mol. The van der Waals surface area contributed by atoms with E-state index in [4.69, 9.17) is 0 Å². The fourth-order valence-corrected chi connectivity index (χ4v) is 9.27. The van der Waals surface area contributed by atoms with E-state index in [2.05, 4.69) is 215 Å². The molecule has 8 aromatic carbocycles. The summed E-state index contributed by atoms with van der Waals surface area (Å²) in [6, 6.07) is 70.1. The standard InChI is InChI=1S/C52H33N3S/c1-3-11-34(12-4-1)39-16-9-18-41(29-39)43-25-26-49-47(31-43)48-33-44(42-19-10-17-40(30-42)35-13-5-2-6-14-35)32-46(50(48)56-49)37-21-23-38(24-22-37)51-53-54-52-45-20-8-7-15-36(45)27-28-55(51)52/h1-33H. The minimum Gasteiger partial charge on any atom is -0.282 e. The summed E-state index contributed by atoms with van der Waals surface area (Å²) in [7, 11) is 0. The van der Waals surface area contributed by atoms with Crippen molar-refractivity contribution in [2.45, 2.75) is 0 Å². The lowest BCUT2D eigenvalue weighted by atomic mass is 9.93. The molecule has 262 valence electrons. The van der Waals surface area contributed by atoms with Gasteiger partial charge in [-0.3, -0.25) is 4.40 Å². The highest BCUT2D eigenvalue weighted by Crippen LogP contribution is 2.45. The van der Waals surface area contributed by atoms with Gasteiger partial charge >= 0.3 is 0 Å².